The molecule has 1 unspecified atom stereocenters. The van der Waals surface area contributed by atoms with Gasteiger partial charge in [-0.1, -0.05) is 0 Å². The van der Waals surface area contributed by atoms with Gasteiger partial charge in [-0.3, -0.25) is 0 Å². The van der Waals surface area contributed by atoms with Crippen molar-refractivity contribution in [2.75, 3.05) is 31.6 Å². The molecule has 3 aromatic rings. The summed E-state index contributed by atoms with van der Waals surface area (Å²) in [6.07, 6.45) is -3.47. The number of halogens is 5. The Kier molecular flexibility index (Phi) is 4.91. The summed E-state index contributed by atoms with van der Waals surface area (Å²) in [6, 6.07) is 2.07. The van der Waals surface area contributed by atoms with Gasteiger partial charge in [-0.15, -0.1) is 0 Å². The number of fused-ring (bicyclic) bond motifs is 2. The highest BCUT2D eigenvalue weighted by atomic mass is 19.4. The third-order valence-corrected chi connectivity index (χ3v) is 6.04. The van der Waals surface area contributed by atoms with E-state index in [0.29, 0.717) is 24.4 Å². The number of anilines is 1. The number of nitrogens with zero attached hydrogens (tertiary/aromatic N) is 4. The molecule has 1 saturated heterocycles. The molecule has 2 aliphatic rings. The third-order valence-electron chi connectivity index (χ3n) is 6.04. The molecule has 3 atom stereocenters. The summed E-state index contributed by atoms with van der Waals surface area (Å²) in [5.41, 5.74) is -0.589. The Bertz CT molecular complexity index is 1150. The Morgan fingerprint density at radius 1 is 1.16 bits per heavy atom. The van der Waals surface area contributed by atoms with Crippen LogP contribution in [0.5, 0.6) is 5.75 Å². The number of alkyl halides is 3. The second-order valence-electron chi connectivity index (χ2n) is 8.08. The molecule has 0 radical (unpaired) electrons. The highest BCUT2D eigenvalue weighted by Gasteiger charge is 2.53. The van der Waals surface area contributed by atoms with Gasteiger partial charge in [0.05, 0.1) is 23.4 Å². The molecule has 7 nitrogen and oxygen atoms in total. The molecule has 0 amide bonds. The number of nitrogens with one attached hydrogen (secondary N) is 2. The largest absolute Gasteiger partial charge is 0.493 e. The Labute approximate surface area is 179 Å². The Morgan fingerprint density at radius 3 is 2.50 bits per heavy atom. The minimum absolute atomic E-state index is 0.00108. The minimum Gasteiger partial charge on any atom is -0.493 e. The zero-order valence-electron chi connectivity index (χ0n) is 16.9. The van der Waals surface area contributed by atoms with Crippen molar-refractivity contribution >= 4 is 11.6 Å². The number of benzene rings is 1. The van der Waals surface area contributed by atoms with E-state index in [4.69, 9.17) is 4.74 Å². The number of piperidine rings is 1. The second kappa shape index (κ2) is 7.54. The molecule has 0 bridgehead atoms. The van der Waals surface area contributed by atoms with E-state index in [1.54, 1.807) is 0 Å². The topological polar surface area (TPSA) is 76.4 Å². The van der Waals surface area contributed by atoms with E-state index in [1.807, 2.05) is 0 Å². The van der Waals surface area contributed by atoms with Crippen molar-refractivity contribution in [3.8, 4) is 16.9 Å². The van der Waals surface area contributed by atoms with Crippen LogP contribution in [-0.4, -0.2) is 52.0 Å². The second-order valence-corrected chi connectivity index (χ2v) is 8.08. The molecular weight excluding hydrogens is 435 g/mol. The van der Waals surface area contributed by atoms with Crippen LogP contribution >= 0.6 is 0 Å². The van der Waals surface area contributed by atoms with E-state index in [1.165, 1.54) is 6.92 Å². The zero-order chi connectivity index (χ0) is 22.6. The highest BCUT2D eigenvalue weighted by molar-refractivity contribution is 5.80. The molecule has 3 heterocycles. The van der Waals surface area contributed by atoms with Gasteiger partial charge >= 0.3 is 6.18 Å². The first-order valence-electron chi connectivity index (χ1n) is 10.1. The quantitative estimate of drug-likeness (QED) is 0.558. The van der Waals surface area contributed by atoms with Gasteiger partial charge in [-0.05, 0) is 31.8 Å². The molecule has 2 N–H and O–H groups in total. The molecule has 1 saturated carbocycles. The summed E-state index contributed by atoms with van der Waals surface area (Å²) in [7, 11) is 0. The summed E-state index contributed by atoms with van der Waals surface area (Å²) < 4.78 is 75.3. The van der Waals surface area contributed by atoms with Gasteiger partial charge in [0.25, 0.3) is 5.78 Å². The van der Waals surface area contributed by atoms with E-state index in [2.05, 4.69) is 25.7 Å². The first kappa shape index (κ1) is 20.9. The molecule has 0 spiro atoms. The normalized spacial score (nSPS) is 22.2. The van der Waals surface area contributed by atoms with Crippen molar-refractivity contribution in [2.24, 2.45) is 17.8 Å². The van der Waals surface area contributed by atoms with Crippen LogP contribution in [0, 0.1) is 36.3 Å². The van der Waals surface area contributed by atoms with E-state index >= 15 is 8.78 Å². The smallest absolute Gasteiger partial charge is 0.405 e. The predicted molar refractivity (Wildman–Crippen MR) is 104 cm³/mol. The average molecular weight is 454 g/mol. The SMILES string of the molecule is Cc1nc2ncnn2c(NCC(F)(F)F)c1-c1c(F)cc(OCC2[C@H]3CNC[C@@H]23)cc1F. The van der Waals surface area contributed by atoms with Crippen LogP contribution in [0.25, 0.3) is 16.9 Å². The lowest BCUT2D eigenvalue weighted by Gasteiger charge is -2.18. The van der Waals surface area contributed by atoms with Crippen molar-refractivity contribution in [2.45, 2.75) is 13.1 Å². The van der Waals surface area contributed by atoms with Crippen molar-refractivity contribution in [3.05, 3.63) is 35.8 Å². The number of hydrogen-bond acceptors (Lipinski definition) is 6. The lowest BCUT2D eigenvalue weighted by atomic mass is 10.0. The van der Waals surface area contributed by atoms with Gasteiger partial charge in [-0.2, -0.15) is 27.8 Å². The van der Waals surface area contributed by atoms with Crippen LogP contribution in [0.15, 0.2) is 18.5 Å². The summed E-state index contributed by atoms with van der Waals surface area (Å²) in [6.45, 7) is 2.21. The molecule has 2 aromatic heterocycles. The van der Waals surface area contributed by atoms with E-state index < -0.39 is 29.9 Å². The van der Waals surface area contributed by atoms with Gasteiger partial charge in [0.2, 0.25) is 0 Å². The average Bonchev–Trinajstić information content (AvgIpc) is 3.07. The van der Waals surface area contributed by atoms with Crippen molar-refractivity contribution in [3.63, 3.8) is 0 Å². The number of hydrogen-bond donors (Lipinski definition) is 2. The van der Waals surface area contributed by atoms with E-state index in [0.717, 1.165) is 36.1 Å². The lowest BCUT2D eigenvalue weighted by molar-refractivity contribution is -0.115. The van der Waals surface area contributed by atoms with Gasteiger partial charge in [0.15, 0.2) is 0 Å². The lowest BCUT2D eigenvalue weighted by Crippen LogP contribution is -2.23. The minimum atomic E-state index is -4.56. The van der Waals surface area contributed by atoms with Crippen LogP contribution in [0.1, 0.15) is 5.69 Å². The highest BCUT2D eigenvalue weighted by Crippen LogP contribution is 2.48. The maximum atomic E-state index is 15.1. The molecule has 12 heteroatoms. The first-order valence-corrected chi connectivity index (χ1v) is 10.1. The summed E-state index contributed by atoms with van der Waals surface area (Å²) in [4.78, 5) is 7.98. The molecule has 32 heavy (non-hydrogen) atoms. The van der Waals surface area contributed by atoms with Gasteiger partial charge in [0, 0.05) is 18.1 Å². The van der Waals surface area contributed by atoms with Crippen molar-refractivity contribution in [1.82, 2.24) is 24.9 Å². The first-order chi connectivity index (χ1) is 15.2. The predicted octanol–water partition coefficient (Wildman–Crippen LogP) is 3.20. The van der Waals surface area contributed by atoms with Crippen LogP contribution in [0.2, 0.25) is 0 Å². The monoisotopic (exact) mass is 454 g/mol. The summed E-state index contributed by atoms with van der Waals surface area (Å²) in [5.74, 6) is -0.744. The van der Waals surface area contributed by atoms with Gasteiger partial charge < -0.3 is 15.4 Å². The van der Waals surface area contributed by atoms with Gasteiger partial charge in [-0.25, -0.2) is 13.8 Å². The van der Waals surface area contributed by atoms with Crippen molar-refractivity contribution < 1.29 is 26.7 Å². The number of aromatic nitrogens is 4. The standard InChI is InChI=1S/C20H19F5N6O/c1-9-16(18(27-7-20(23,24)25)31-19(30-9)28-8-29-31)17-14(21)2-10(3-15(17)22)32-6-13-11-4-26-5-12(11)13/h2-3,8,11-13,26-27H,4-7H2,1H3/t11-,12+,13?. The van der Waals surface area contributed by atoms with Crippen LogP contribution in [0.4, 0.5) is 27.8 Å². The number of rotatable bonds is 6. The Morgan fingerprint density at radius 2 is 1.84 bits per heavy atom. The Balaban J connectivity index is 1.49. The molecule has 2 fully saturated rings. The summed E-state index contributed by atoms with van der Waals surface area (Å²) in [5, 5.41) is 9.30. The number of ether oxygens (including phenoxy) is 1. The fourth-order valence-corrected chi connectivity index (χ4v) is 4.46. The van der Waals surface area contributed by atoms with Crippen LogP contribution in [0.3, 0.4) is 0 Å². The van der Waals surface area contributed by atoms with Crippen LogP contribution < -0.4 is 15.4 Å². The molecule has 1 aromatic carbocycles. The summed E-state index contributed by atoms with van der Waals surface area (Å²) >= 11 is 0. The molecule has 1 aliphatic carbocycles. The third kappa shape index (κ3) is 3.72. The van der Waals surface area contributed by atoms with E-state index in [-0.39, 0.29) is 28.6 Å². The zero-order valence-corrected chi connectivity index (χ0v) is 16.9. The Hall–Kier alpha value is -3.02. The maximum Gasteiger partial charge on any atom is 0.405 e. The number of aryl methyl sites for hydroxylation is 1. The van der Waals surface area contributed by atoms with E-state index in [9.17, 15) is 13.2 Å². The molecule has 5 rings (SSSR count). The van der Waals surface area contributed by atoms with Gasteiger partial charge in [0.1, 0.15) is 36.1 Å². The maximum absolute atomic E-state index is 15.1. The molecule has 1 aliphatic heterocycles. The molecular formula is C20H19F5N6O. The fourth-order valence-electron chi connectivity index (χ4n) is 4.46. The van der Waals surface area contributed by atoms with Crippen molar-refractivity contribution in [1.29, 1.82) is 0 Å². The van der Waals surface area contributed by atoms with Crippen LogP contribution in [-0.2, 0) is 0 Å². The fraction of sp³-hybridized carbons (Fsp3) is 0.450. The molecule has 170 valence electrons.